The number of rotatable bonds is 5. The molecule has 0 N–H and O–H groups in total. The average molecular weight is 358 g/mol. The fraction of sp³-hybridized carbons (Fsp3) is 0.0952. The van der Waals surface area contributed by atoms with E-state index in [1.807, 2.05) is 66.2 Å². The van der Waals surface area contributed by atoms with Crippen LogP contribution in [0, 0.1) is 21.4 Å². The van der Waals surface area contributed by atoms with Gasteiger partial charge in [0.2, 0.25) is 0 Å². The topological polar surface area (TPSA) is 75.1 Å². The number of hydrogen-bond donors (Lipinski definition) is 0. The van der Waals surface area contributed by atoms with Gasteiger partial charge in [-0.15, -0.1) is 0 Å². The molecule has 27 heavy (non-hydrogen) atoms. The van der Waals surface area contributed by atoms with Gasteiger partial charge < -0.3 is 9.47 Å². The maximum atomic E-state index is 11.0. The molecule has 0 atom stereocenters. The molecule has 0 radical (unpaired) electrons. The lowest BCUT2D eigenvalue weighted by Crippen LogP contribution is -2.08. The normalized spacial score (nSPS) is 11.1. The first-order chi connectivity index (χ1) is 13.0. The lowest BCUT2D eigenvalue weighted by Gasteiger charge is -2.14. The minimum absolute atomic E-state index is 0.0386. The second kappa shape index (κ2) is 7.58. The molecular weight excluding hydrogens is 340 g/mol. The molecule has 0 spiro atoms. The summed E-state index contributed by atoms with van der Waals surface area (Å²) in [5.74, 6) is 0. The molecule has 0 amide bonds. The highest BCUT2D eigenvalue weighted by Gasteiger charge is 2.10. The summed E-state index contributed by atoms with van der Waals surface area (Å²) in [4.78, 5) is 12.6. The Morgan fingerprint density at radius 1 is 1.15 bits per heavy atom. The molecule has 134 valence electrons. The molecule has 0 aliphatic rings. The van der Waals surface area contributed by atoms with Gasteiger partial charge in [0.25, 0.3) is 5.69 Å². The number of non-ortho nitro benzene ring substituents is 1. The van der Waals surface area contributed by atoms with E-state index in [2.05, 4.69) is 6.07 Å². The van der Waals surface area contributed by atoms with E-state index in [-0.39, 0.29) is 5.69 Å². The van der Waals surface area contributed by atoms with Gasteiger partial charge in [-0.2, -0.15) is 5.26 Å². The molecule has 2 aromatic carbocycles. The Kier molecular flexibility index (Phi) is 5.04. The molecule has 6 nitrogen and oxygen atoms in total. The standard InChI is InChI=1S/C21H18N4O2/c1-23(2)18-8-10-19(11-9-18)24-12-4-7-20(24)14-17(15-22)16-5-3-6-21(13-16)25(26)27/h3-14H,1-2H3/b17-14-. The summed E-state index contributed by atoms with van der Waals surface area (Å²) in [5, 5.41) is 20.6. The predicted molar refractivity (Wildman–Crippen MR) is 107 cm³/mol. The number of nitriles is 1. The van der Waals surface area contributed by atoms with Crippen molar-refractivity contribution in [2.75, 3.05) is 19.0 Å². The van der Waals surface area contributed by atoms with Gasteiger partial charge in [0, 0.05) is 49.5 Å². The molecule has 0 bridgehead atoms. The number of hydrogen-bond acceptors (Lipinski definition) is 4. The van der Waals surface area contributed by atoms with Gasteiger partial charge in [-0.3, -0.25) is 10.1 Å². The molecule has 3 aromatic rings. The summed E-state index contributed by atoms with van der Waals surface area (Å²) in [5.41, 5.74) is 3.72. The van der Waals surface area contributed by atoms with E-state index >= 15 is 0 Å². The fourth-order valence-corrected chi connectivity index (χ4v) is 2.77. The summed E-state index contributed by atoms with van der Waals surface area (Å²) < 4.78 is 1.97. The molecule has 1 heterocycles. The minimum atomic E-state index is -0.465. The van der Waals surface area contributed by atoms with Crippen molar-refractivity contribution < 1.29 is 4.92 Å². The SMILES string of the molecule is CN(C)c1ccc(-n2cccc2/C=C(/C#N)c2cccc([N+](=O)[O-])c2)cc1. The van der Waals surface area contributed by atoms with Crippen LogP contribution in [0.3, 0.4) is 0 Å². The Balaban J connectivity index is 2.00. The van der Waals surface area contributed by atoms with E-state index in [0.717, 1.165) is 17.1 Å². The van der Waals surface area contributed by atoms with Crippen molar-refractivity contribution in [2.24, 2.45) is 0 Å². The molecular formula is C21H18N4O2. The Morgan fingerprint density at radius 3 is 2.52 bits per heavy atom. The van der Waals surface area contributed by atoms with Crippen molar-refractivity contribution >= 4 is 23.0 Å². The highest BCUT2D eigenvalue weighted by molar-refractivity contribution is 5.89. The third kappa shape index (κ3) is 3.88. The Bertz CT molecular complexity index is 1040. The van der Waals surface area contributed by atoms with Crippen LogP contribution >= 0.6 is 0 Å². The van der Waals surface area contributed by atoms with E-state index in [1.54, 1.807) is 18.2 Å². The summed E-state index contributed by atoms with van der Waals surface area (Å²) >= 11 is 0. The van der Waals surface area contributed by atoms with Crippen molar-refractivity contribution in [2.45, 2.75) is 0 Å². The predicted octanol–water partition coefficient (Wildman–Crippen LogP) is 4.52. The molecule has 6 heteroatoms. The van der Waals surface area contributed by atoms with E-state index in [1.165, 1.54) is 12.1 Å². The smallest absolute Gasteiger partial charge is 0.270 e. The summed E-state index contributed by atoms with van der Waals surface area (Å²) in [6.45, 7) is 0. The number of aromatic nitrogens is 1. The molecule has 0 saturated carbocycles. The van der Waals surface area contributed by atoms with Gasteiger partial charge in [-0.1, -0.05) is 12.1 Å². The molecule has 0 unspecified atom stereocenters. The Labute approximate surface area is 157 Å². The van der Waals surface area contributed by atoms with E-state index in [0.29, 0.717) is 11.1 Å². The van der Waals surface area contributed by atoms with E-state index in [4.69, 9.17) is 0 Å². The van der Waals surface area contributed by atoms with Gasteiger partial charge in [0.05, 0.1) is 16.6 Å². The summed E-state index contributed by atoms with van der Waals surface area (Å²) in [7, 11) is 3.97. The number of nitro benzene ring substituents is 1. The largest absolute Gasteiger partial charge is 0.378 e. The van der Waals surface area contributed by atoms with Gasteiger partial charge in [-0.05, 0) is 48.0 Å². The van der Waals surface area contributed by atoms with Crippen LogP contribution in [0.4, 0.5) is 11.4 Å². The van der Waals surface area contributed by atoms with E-state index < -0.39 is 4.92 Å². The number of benzene rings is 2. The lowest BCUT2D eigenvalue weighted by atomic mass is 10.1. The van der Waals surface area contributed by atoms with Crippen molar-refractivity contribution in [3.8, 4) is 11.8 Å². The molecule has 0 aliphatic carbocycles. The summed E-state index contributed by atoms with van der Waals surface area (Å²) in [6, 6.07) is 20.1. The van der Waals surface area contributed by atoms with Crippen LogP contribution in [0.2, 0.25) is 0 Å². The molecule has 0 aliphatic heterocycles. The average Bonchev–Trinajstić information content (AvgIpc) is 3.14. The molecule has 3 rings (SSSR count). The van der Waals surface area contributed by atoms with Crippen molar-refractivity contribution in [3.05, 3.63) is 88.2 Å². The van der Waals surface area contributed by atoms with Crippen molar-refractivity contribution in [3.63, 3.8) is 0 Å². The zero-order valence-corrected chi connectivity index (χ0v) is 15.0. The number of nitro groups is 1. The van der Waals surface area contributed by atoms with Gasteiger partial charge in [0.1, 0.15) is 0 Å². The first-order valence-corrected chi connectivity index (χ1v) is 8.31. The Morgan fingerprint density at radius 2 is 1.89 bits per heavy atom. The zero-order valence-electron chi connectivity index (χ0n) is 15.0. The minimum Gasteiger partial charge on any atom is -0.378 e. The van der Waals surface area contributed by atoms with Crippen LogP contribution < -0.4 is 4.90 Å². The maximum absolute atomic E-state index is 11.0. The third-order valence-electron chi connectivity index (χ3n) is 4.21. The van der Waals surface area contributed by atoms with E-state index in [9.17, 15) is 15.4 Å². The first kappa shape index (κ1) is 18.0. The number of anilines is 1. The van der Waals surface area contributed by atoms with Crippen molar-refractivity contribution in [1.29, 1.82) is 5.26 Å². The maximum Gasteiger partial charge on any atom is 0.270 e. The third-order valence-corrected chi connectivity index (χ3v) is 4.21. The van der Waals surface area contributed by atoms with Gasteiger partial charge >= 0.3 is 0 Å². The highest BCUT2D eigenvalue weighted by Crippen LogP contribution is 2.24. The van der Waals surface area contributed by atoms with Crippen LogP contribution in [0.25, 0.3) is 17.3 Å². The quantitative estimate of drug-likeness (QED) is 0.382. The van der Waals surface area contributed by atoms with Crippen LogP contribution in [0.5, 0.6) is 0 Å². The second-order valence-electron chi connectivity index (χ2n) is 6.19. The first-order valence-electron chi connectivity index (χ1n) is 8.31. The van der Waals surface area contributed by atoms with Crippen LogP contribution in [-0.2, 0) is 0 Å². The Hall–Kier alpha value is -3.85. The van der Waals surface area contributed by atoms with Crippen molar-refractivity contribution in [1.82, 2.24) is 4.57 Å². The number of nitrogens with zero attached hydrogens (tertiary/aromatic N) is 4. The summed E-state index contributed by atoms with van der Waals surface area (Å²) in [6.07, 6.45) is 3.65. The van der Waals surface area contributed by atoms with Crippen LogP contribution in [-0.4, -0.2) is 23.6 Å². The number of allylic oxidation sites excluding steroid dienone is 1. The van der Waals surface area contributed by atoms with Gasteiger partial charge in [0.15, 0.2) is 0 Å². The lowest BCUT2D eigenvalue weighted by molar-refractivity contribution is -0.384. The molecule has 0 saturated heterocycles. The van der Waals surface area contributed by atoms with Gasteiger partial charge in [-0.25, -0.2) is 0 Å². The second-order valence-corrected chi connectivity index (χ2v) is 6.19. The fourth-order valence-electron chi connectivity index (χ4n) is 2.77. The van der Waals surface area contributed by atoms with Crippen LogP contribution in [0.15, 0.2) is 66.9 Å². The molecule has 1 aromatic heterocycles. The molecule has 0 fully saturated rings. The van der Waals surface area contributed by atoms with Crippen LogP contribution in [0.1, 0.15) is 11.3 Å². The monoisotopic (exact) mass is 358 g/mol. The zero-order chi connectivity index (χ0) is 19.4. The highest BCUT2D eigenvalue weighted by atomic mass is 16.6.